The summed E-state index contributed by atoms with van der Waals surface area (Å²) in [5.41, 5.74) is 5.98. The fourth-order valence-electron chi connectivity index (χ4n) is 2.54. The maximum Gasteiger partial charge on any atom is 0.239 e. The van der Waals surface area contributed by atoms with E-state index in [1.54, 1.807) is 6.20 Å². The van der Waals surface area contributed by atoms with E-state index in [4.69, 9.17) is 5.73 Å². The number of nitrogens with two attached hydrogens (primary N) is 1. The maximum atomic E-state index is 12.2. The number of hydrogen-bond acceptors (Lipinski definition) is 4. The van der Waals surface area contributed by atoms with Gasteiger partial charge >= 0.3 is 0 Å². The van der Waals surface area contributed by atoms with Crippen molar-refractivity contribution in [2.45, 2.75) is 26.3 Å². The van der Waals surface area contributed by atoms with Crippen molar-refractivity contribution in [2.24, 2.45) is 11.7 Å². The molecule has 1 aromatic heterocycles. The largest absolute Gasteiger partial charge is 0.353 e. The average Bonchev–Trinajstić information content (AvgIpc) is 2.47. The van der Waals surface area contributed by atoms with E-state index in [-0.39, 0.29) is 11.9 Å². The summed E-state index contributed by atoms with van der Waals surface area (Å²) in [6.45, 7) is 7.26. The van der Waals surface area contributed by atoms with Crippen LogP contribution >= 0.6 is 0 Å². The number of amides is 1. The van der Waals surface area contributed by atoms with E-state index in [0.717, 1.165) is 38.4 Å². The van der Waals surface area contributed by atoms with Crippen LogP contribution in [0.4, 0.5) is 5.82 Å². The lowest BCUT2D eigenvalue weighted by Gasteiger charge is -2.36. The Morgan fingerprint density at radius 2 is 2.00 bits per heavy atom. The number of rotatable bonds is 4. The Bertz CT molecular complexity index is 427. The third-order valence-electron chi connectivity index (χ3n) is 3.61. The molecular formula is C15H24N4O. The lowest BCUT2D eigenvalue weighted by molar-refractivity contribution is -0.133. The Hall–Kier alpha value is -1.62. The van der Waals surface area contributed by atoms with Crippen molar-refractivity contribution in [1.82, 2.24) is 9.88 Å². The summed E-state index contributed by atoms with van der Waals surface area (Å²) in [7, 11) is 0. The van der Waals surface area contributed by atoms with Gasteiger partial charge in [-0.3, -0.25) is 4.79 Å². The molecule has 20 heavy (non-hydrogen) atoms. The molecule has 1 fully saturated rings. The van der Waals surface area contributed by atoms with E-state index in [0.29, 0.717) is 5.92 Å². The third-order valence-corrected chi connectivity index (χ3v) is 3.61. The first-order valence-electron chi connectivity index (χ1n) is 7.28. The van der Waals surface area contributed by atoms with Gasteiger partial charge in [0.25, 0.3) is 0 Å². The minimum atomic E-state index is -0.364. The predicted molar refractivity (Wildman–Crippen MR) is 80.5 cm³/mol. The number of pyridine rings is 1. The van der Waals surface area contributed by atoms with Crippen LogP contribution in [0.15, 0.2) is 24.4 Å². The summed E-state index contributed by atoms with van der Waals surface area (Å²) in [6.07, 6.45) is 2.55. The van der Waals surface area contributed by atoms with Crippen molar-refractivity contribution in [3.63, 3.8) is 0 Å². The average molecular weight is 276 g/mol. The summed E-state index contributed by atoms with van der Waals surface area (Å²) in [5, 5.41) is 0. The number of hydrogen-bond donors (Lipinski definition) is 1. The molecule has 5 nitrogen and oxygen atoms in total. The highest BCUT2D eigenvalue weighted by molar-refractivity contribution is 5.81. The van der Waals surface area contributed by atoms with Crippen molar-refractivity contribution >= 4 is 11.7 Å². The number of carbonyl (C=O) groups excluding carboxylic acids is 1. The number of nitrogens with zero attached hydrogens (tertiary/aromatic N) is 3. The molecule has 0 bridgehead atoms. The van der Waals surface area contributed by atoms with Gasteiger partial charge in [0.15, 0.2) is 0 Å². The molecule has 1 aliphatic heterocycles. The van der Waals surface area contributed by atoms with Gasteiger partial charge in [-0.1, -0.05) is 19.9 Å². The molecule has 0 unspecified atom stereocenters. The minimum absolute atomic E-state index is 0.0828. The van der Waals surface area contributed by atoms with E-state index in [1.165, 1.54) is 0 Å². The number of carbonyl (C=O) groups is 1. The molecule has 1 aliphatic rings. The smallest absolute Gasteiger partial charge is 0.239 e. The highest BCUT2D eigenvalue weighted by atomic mass is 16.2. The first-order valence-corrected chi connectivity index (χ1v) is 7.28. The van der Waals surface area contributed by atoms with Crippen molar-refractivity contribution in [2.75, 3.05) is 31.1 Å². The van der Waals surface area contributed by atoms with Gasteiger partial charge in [0.1, 0.15) is 5.82 Å². The highest BCUT2D eigenvalue weighted by Crippen LogP contribution is 2.14. The van der Waals surface area contributed by atoms with E-state index < -0.39 is 0 Å². The zero-order valence-corrected chi connectivity index (χ0v) is 12.3. The van der Waals surface area contributed by atoms with Crippen molar-refractivity contribution in [3.05, 3.63) is 24.4 Å². The summed E-state index contributed by atoms with van der Waals surface area (Å²) in [6, 6.07) is 5.53. The van der Waals surface area contributed by atoms with Crippen LogP contribution < -0.4 is 10.6 Å². The van der Waals surface area contributed by atoms with Gasteiger partial charge in [0, 0.05) is 32.4 Å². The lowest BCUT2D eigenvalue weighted by Crippen LogP contribution is -2.53. The molecular weight excluding hydrogens is 252 g/mol. The quantitative estimate of drug-likeness (QED) is 0.894. The Morgan fingerprint density at radius 1 is 1.30 bits per heavy atom. The Labute approximate surface area is 120 Å². The Morgan fingerprint density at radius 3 is 2.55 bits per heavy atom. The zero-order chi connectivity index (χ0) is 14.5. The maximum absolute atomic E-state index is 12.2. The fourth-order valence-corrected chi connectivity index (χ4v) is 2.54. The molecule has 0 aromatic carbocycles. The van der Waals surface area contributed by atoms with Crippen molar-refractivity contribution < 1.29 is 4.79 Å². The SMILES string of the molecule is CC(C)C[C@@H](N)C(=O)N1CCN(c2ccccn2)CC1. The molecule has 2 heterocycles. The van der Waals surface area contributed by atoms with Gasteiger partial charge in [-0.25, -0.2) is 4.98 Å². The molecule has 1 aromatic rings. The predicted octanol–water partition coefficient (Wildman–Crippen LogP) is 1.10. The second-order valence-corrected chi connectivity index (χ2v) is 5.74. The molecule has 110 valence electrons. The van der Waals surface area contributed by atoms with Crippen LogP contribution in [0.2, 0.25) is 0 Å². The molecule has 2 rings (SSSR count). The van der Waals surface area contributed by atoms with Crippen molar-refractivity contribution in [1.29, 1.82) is 0 Å². The molecule has 1 amide bonds. The normalized spacial score (nSPS) is 17.4. The van der Waals surface area contributed by atoms with Crippen LogP contribution in [0.25, 0.3) is 0 Å². The second-order valence-electron chi connectivity index (χ2n) is 5.74. The summed E-state index contributed by atoms with van der Waals surface area (Å²) < 4.78 is 0. The van der Waals surface area contributed by atoms with Gasteiger partial charge in [0.05, 0.1) is 6.04 Å². The van der Waals surface area contributed by atoms with Crippen LogP contribution in [0.5, 0.6) is 0 Å². The molecule has 2 N–H and O–H groups in total. The van der Waals surface area contributed by atoms with Crippen LogP contribution in [-0.4, -0.2) is 48.0 Å². The number of piperazine rings is 1. The van der Waals surface area contributed by atoms with Crippen LogP contribution in [0.3, 0.4) is 0 Å². The lowest BCUT2D eigenvalue weighted by atomic mass is 10.0. The minimum Gasteiger partial charge on any atom is -0.353 e. The highest BCUT2D eigenvalue weighted by Gasteiger charge is 2.25. The molecule has 0 saturated carbocycles. The van der Waals surface area contributed by atoms with E-state index in [2.05, 4.69) is 23.7 Å². The second kappa shape index (κ2) is 6.70. The molecule has 5 heteroatoms. The van der Waals surface area contributed by atoms with E-state index >= 15 is 0 Å². The molecule has 0 spiro atoms. The van der Waals surface area contributed by atoms with Gasteiger partial charge in [-0.2, -0.15) is 0 Å². The summed E-state index contributed by atoms with van der Waals surface area (Å²) in [4.78, 5) is 20.7. The first-order chi connectivity index (χ1) is 9.58. The molecule has 1 atom stereocenters. The Kier molecular flexibility index (Phi) is 4.95. The Balaban J connectivity index is 1.86. The van der Waals surface area contributed by atoms with Gasteiger partial charge in [-0.05, 0) is 24.5 Å². The third kappa shape index (κ3) is 3.70. The topological polar surface area (TPSA) is 62.5 Å². The standard InChI is InChI=1S/C15H24N4O/c1-12(2)11-13(16)15(20)19-9-7-18(8-10-19)14-5-3-4-6-17-14/h3-6,12-13H,7-11,16H2,1-2H3/t13-/m1/s1. The van der Waals surface area contributed by atoms with Gasteiger partial charge in [0.2, 0.25) is 5.91 Å². The summed E-state index contributed by atoms with van der Waals surface area (Å²) >= 11 is 0. The van der Waals surface area contributed by atoms with E-state index in [1.807, 2.05) is 23.1 Å². The molecule has 0 radical (unpaired) electrons. The van der Waals surface area contributed by atoms with E-state index in [9.17, 15) is 4.79 Å². The zero-order valence-electron chi connectivity index (χ0n) is 12.3. The monoisotopic (exact) mass is 276 g/mol. The van der Waals surface area contributed by atoms with Crippen LogP contribution in [-0.2, 0) is 4.79 Å². The van der Waals surface area contributed by atoms with Crippen LogP contribution in [0.1, 0.15) is 20.3 Å². The van der Waals surface area contributed by atoms with Crippen LogP contribution in [0, 0.1) is 5.92 Å². The van der Waals surface area contributed by atoms with Gasteiger partial charge < -0.3 is 15.5 Å². The summed E-state index contributed by atoms with van der Waals surface area (Å²) in [5.74, 6) is 1.51. The van der Waals surface area contributed by atoms with Crippen molar-refractivity contribution in [3.8, 4) is 0 Å². The fraction of sp³-hybridized carbons (Fsp3) is 0.600. The first kappa shape index (κ1) is 14.8. The number of anilines is 1. The molecule has 0 aliphatic carbocycles. The number of aromatic nitrogens is 1. The molecule has 1 saturated heterocycles. The van der Waals surface area contributed by atoms with Gasteiger partial charge in [-0.15, -0.1) is 0 Å².